The van der Waals surface area contributed by atoms with Crippen molar-refractivity contribution in [2.24, 2.45) is 23.2 Å². The summed E-state index contributed by atoms with van der Waals surface area (Å²) in [6.45, 7) is 3.29. The van der Waals surface area contributed by atoms with Gasteiger partial charge in [0.05, 0.1) is 5.41 Å². The van der Waals surface area contributed by atoms with Crippen LogP contribution in [0.5, 0.6) is 0 Å². The van der Waals surface area contributed by atoms with Gasteiger partial charge >= 0.3 is 0 Å². The van der Waals surface area contributed by atoms with Gasteiger partial charge < -0.3 is 4.90 Å². The van der Waals surface area contributed by atoms with Gasteiger partial charge in [0.1, 0.15) is 0 Å². The number of carbonyl (C=O) groups is 1. The van der Waals surface area contributed by atoms with Crippen LogP contribution in [-0.2, 0) is 4.79 Å². The lowest BCUT2D eigenvalue weighted by Crippen LogP contribution is -2.57. The zero-order chi connectivity index (χ0) is 13.0. The molecule has 4 aliphatic carbocycles. The van der Waals surface area contributed by atoms with Crippen LogP contribution >= 0.6 is 0 Å². The lowest BCUT2D eigenvalue weighted by atomic mass is 9.49. The van der Waals surface area contributed by atoms with Crippen molar-refractivity contribution >= 4 is 5.91 Å². The first-order valence-electron chi connectivity index (χ1n) is 8.47. The third-order valence-electron chi connectivity index (χ3n) is 6.56. The molecule has 0 spiro atoms. The third-order valence-corrected chi connectivity index (χ3v) is 6.56. The highest BCUT2D eigenvalue weighted by Gasteiger charge is 2.55. The summed E-state index contributed by atoms with van der Waals surface area (Å²) in [7, 11) is 0. The molecule has 4 bridgehead atoms. The Labute approximate surface area is 116 Å². The van der Waals surface area contributed by atoms with Gasteiger partial charge in [-0.15, -0.1) is 0 Å². The molecule has 1 amide bonds. The number of piperidine rings is 1. The maximum absolute atomic E-state index is 13.2. The maximum Gasteiger partial charge on any atom is 0.229 e. The minimum absolute atomic E-state index is 0.0837. The van der Waals surface area contributed by atoms with Gasteiger partial charge in [0.2, 0.25) is 5.91 Å². The highest BCUT2D eigenvalue weighted by atomic mass is 16.2. The summed E-state index contributed by atoms with van der Waals surface area (Å²) in [6, 6.07) is 0.495. The quantitative estimate of drug-likeness (QED) is 0.706. The Balaban J connectivity index is 1.59. The number of rotatable bonds is 1. The summed E-state index contributed by atoms with van der Waals surface area (Å²) in [5.74, 6) is 3.21. The van der Waals surface area contributed by atoms with Gasteiger partial charge in [0.25, 0.3) is 0 Å². The second-order valence-corrected chi connectivity index (χ2v) is 8.04. The molecule has 0 aromatic carbocycles. The van der Waals surface area contributed by atoms with Crippen molar-refractivity contribution in [1.29, 1.82) is 0 Å². The SMILES string of the molecule is C[C@H]1CCCCN1C(=O)C12CC3CC(CC(C3)C1)C2. The van der Waals surface area contributed by atoms with Gasteiger partial charge in [-0.05, 0) is 82.5 Å². The predicted molar refractivity (Wildman–Crippen MR) is 75.6 cm³/mol. The summed E-state index contributed by atoms with van der Waals surface area (Å²) >= 11 is 0. The fraction of sp³-hybridized carbons (Fsp3) is 0.941. The van der Waals surface area contributed by atoms with Crippen LogP contribution in [0.4, 0.5) is 0 Å². The molecule has 0 aromatic rings. The van der Waals surface area contributed by atoms with Crippen LogP contribution in [-0.4, -0.2) is 23.4 Å². The monoisotopic (exact) mass is 261 g/mol. The summed E-state index contributed by atoms with van der Waals surface area (Å²) in [5, 5.41) is 0. The average Bonchev–Trinajstić information content (AvgIpc) is 2.37. The van der Waals surface area contributed by atoms with Crippen LogP contribution in [0, 0.1) is 23.2 Å². The highest BCUT2D eigenvalue weighted by molar-refractivity contribution is 5.83. The molecule has 1 aliphatic heterocycles. The maximum atomic E-state index is 13.2. The van der Waals surface area contributed by atoms with E-state index >= 15 is 0 Å². The standard InChI is InChI=1S/C17H27NO/c1-12-4-2-3-5-18(12)16(19)17-9-13-6-14(10-17)8-15(7-13)11-17/h12-15H,2-11H2,1H3/t12-,13?,14?,15?,17?/m0/s1. The summed E-state index contributed by atoms with van der Waals surface area (Å²) in [5.41, 5.74) is 0.0837. The summed E-state index contributed by atoms with van der Waals surface area (Å²) in [6.07, 6.45) is 11.7. The Morgan fingerprint density at radius 3 is 2.11 bits per heavy atom. The van der Waals surface area contributed by atoms with Crippen molar-refractivity contribution in [2.45, 2.75) is 70.8 Å². The molecule has 5 aliphatic rings. The number of carbonyl (C=O) groups excluding carboxylic acids is 1. The van der Waals surface area contributed by atoms with Crippen LogP contribution in [0.15, 0.2) is 0 Å². The molecule has 19 heavy (non-hydrogen) atoms. The molecule has 0 N–H and O–H groups in total. The fourth-order valence-electron chi connectivity index (χ4n) is 6.08. The van der Waals surface area contributed by atoms with E-state index in [1.54, 1.807) is 0 Å². The van der Waals surface area contributed by atoms with Crippen molar-refractivity contribution in [3.63, 3.8) is 0 Å². The van der Waals surface area contributed by atoms with Crippen LogP contribution in [0.25, 0.3) is 0 Å². The highest BCUT2D eigenvalue weighted by Crippen LogP contribution is 2.60. The molecule has 5 rings (SSSR count). The van der Waals surface area contributed by atoms with Gasteiger partial charge in [-0.2, -0.15) is 0 Å². The number of hydrogen-bond donors (Lipinski definition) is 0. The molecule has 1 saturated heterocycles. The van der Waals surface area contributed by atoms with E-state index in [0.717, 1.165) is 24.3 Å². The fourth-order valence-corrected chi connectivity index (χ4v) is 6.08. The number of amides is 1. The Morgan fingerprint density at radius 1 is 1.00 bits per heavy atom. The average molecular weight is 261 g/mol. The Hall–Kier alpha value is -0.530. The minimum Gasteiger partial charge on any atom is -0.340 e. The van der Waals surface area contributed by atoms with E-state index in [0.29, 0.717) is 11.9 Å². The number of nitrogens with zero attached hydrogens (tertiary/aromatic N) is 1. The van der Waals surface area contributed by atoms with Crippen LogP contribution in [0.1, 0.15) is 64.7 Å². The third kappa shape index (κ3) is 1.86. The van der Waals surface area contributed by atoms with Crippen molar-refractivity contribution in [3.05, 3.63) is 0 Å². The lowest BCUT2D eigenvalue weighted by molar-refractivity contribution is -0.161. The van der Waals surface area contributed by atoms with E-state index < -0.39 is 0 Å². The largest absolute Gasteiger partial charge is 0.340 e. The van der Waals surface area contributed by atoms with Crippen molar-refractivity contribution < 1.29 is 4.79 Å². The van der Waals surface area contributed by atoms with Gasteiger partial charge in [-0.25, -0.2) is 0 Å². The summed E-state index contributed by atoms with van der Waals surface area (Å²) in [4.78, 5) is 15.4. The van der Waals surface area contributed by atoms with E-state index in [2.05, 4.69) is 11.8 Å². The lowest BCUT2D eigenvalue weighted by Gasteiger charge is -2.57. The smallest absolute Gasteiger partial charge is 0.229 e. The molecule has 1 heterocycles. The molecular weight excluding hydrogens is 234 g/mol. The molecule has 106 valence electrons. The Bertz CT molecular complexity index is 353. The van der Waals surface area contributed by atoms with Crippen LogP contribution in [0.3, 0.4) is 0 Å². The van der Waals surface area contributed by atoms with Gasteiger partial charge in [0, 0.05) is 12.6 Å². The Kier molecular flexibility index (Phi) is 2.72. The molecule has 2 nitrogen and oxygen atoms in total. The number of hydrogen-bond acceptors (Lipinski definition) is 1. The van der Waals surface area contributed by atoms with Gasteiger partial charge in [0.15, 0.2) is 0 Å². The Morgan fingerprint density at radius 2 is 1.58 bits per heavy atom. The van der Waals surface area contributed by atoms with E-state index in [4.69, 9.17) is 0 Å². The first kappa shape index (κ1) is 12.2. The molecule has 5 fully saturated rings. The van der Waals surface area contributed by atoms with E-state index in [1.165, 1.54) is 57.8 Å². The predicted octanol–water partition coefficient (Wildman–Crippen LogP) is 3.60. The molecule has 0 radical (unpaired) electrons. The van der Waals surface area contributed by atoms with E-state index in [9.17, 15) is 4.79 Å². The zero-order valence-corrected chi connectivity index (χ0v) is 12.2. The van der Waals surface area contributed by atoms with Crippen molar-refractivity contribution in [1.82, 2.24) is 4.90 Å². The van der Waals surface area contributed by atoms with E-state index in [1.807, 2.05) is 0 Å². The first-order valence-corrected chi connectivity index (χ1v) is 8.47. The van der Waals surface area contributed by atoms with E-state index in [-0.39, 0.29) is 5.41 Å². The molecule has 0 aromatic heterocycles. The van der Waals surface area contributed by atoms with Gasteiger partial charge in [-0.1, -0.05) is 0 Å². The van der Waals surface area contributed by atoms with Crippen molar-refractivity contribution in [3.8, 4) is 0 Å². The summed E-state index contributed by atoms with van der Waals surface area (Å²) < 4.78 is 0. The zero-order valence-electron chi connectivity index (χ0n) is 12.2. The van der Waals surface area contributed by atoms with Crippen LogP contribution in [0.2, 0.25) is 0 Å². The molecule has 4 saturated carbocycles. The number of likely N-dealkylation sites (tertiary alicyclic amines) is 1. The molecule has 2 heteroatoms. The minimum atomic E-state index is 0.0837. The normalized spacial score (nSPS) is 48.6. The molecular formula is C17H27NO. The second kappa shape index (κ2) is 4.23. The van der Waals surface area contributed by atoms with Crippen molar-refractivity contribution in [2.75, 3.05) is 6.54 Å². The molecule has 0 unspecified atom stereocenters. The van der Waals surface area contributed by atoms with Crippen LogP contribution < -0.4 is 0 Å². The first-order chi connectivity index (χ1) is 9.16. The topological polar surface area (TPSA) is 20.3 Å². The molecule has 1 atom stereocenters. The second-order valence-electron chi connectivity index (χ2n) is 8.04. The van der Waals surface area contributed by atoms with Gasteiger partial charge in [-0.3, -0.25) is 4.79 Å².